The van der Waals surface area contributed by atoms with Gasteiger partial charge in [-0.2, -0.15) is 0 Å². The number of rotatable bonds is 3. The molecule has 1 saturated heterocycles. The van der Waals surface area contributed by atoms with Gasteiger partial charge >= 0.3 is 0 Å². The van der Waals surface area contributed by atoms with Crippen molar-refractivity contribution < 1.29 is 5.21 Å². The van der Waals surface area contributed by atoms with Gasteiger partial charge < -0.3 is 10.5 Å². The SMILES string of the molecule is CC(C)(c1ccc2ccccc2c1)c1nn(O)cc1C1CCNCC1. The molecule has 2 N–H and O–H groups in total. The van der Waals surface area contributed by atoms with Gasteiger partial charge in [-0.05, 0) is 48.2 Å². The molecule has 0 atom stereocenters. The third-order valence-electron chi connectivity index (χ3n) is 5.57. The maximum absolute atomic E-state index is 10.0. The van der Waals surface area contributed by atoms with Crippen molar-refractivity contribution in [3.8, 4) is 0 Å². The number of aromatic nitrogens is 2. The van der Waals surface area contributed by atoms with Gasteiger partial charge in [-0.1, -0.05) is 56.3 Å². The molecular formula is C21H25N3O. The second-order valence-electron chi connectivity index (χ2n) is 7.56. The largest absolute Gasteiger partial charge is 0.412 e. The molecule has 4 nitrogen and oxygen atoms in total. The highest BCUT2D eigenvalue weighted by Gasteiger charge is 2.32. The van der Waals surface area contributed by atoms with Crippen molar-refractivity contribution >= 4 is 10.8 Å². The topological polar surface area (TPSA) is 50.1 Å². The van der Waals surface area contributed by atoms with E-state index in [2.05, 4.69) is 66.7 Å². The van der Waals surface area contributed by atoms with Gasteiger partial charge in [0.05, 0.1) is 11.9 Å². The van der Waals surface area contributed by atoms with E-state index in [1.54, 1.807) is 6.20 Å². The highest BCUT2D eigenvalue weighted by Crippen LogP contribution is 2.38. The third kappa shape index (κ3) is 2.91. The molecule has 0 amide bonds. The minimum absolute atomic E-state index is 0.266. The molecule has 1 fully saturated rings. The molecule has 3 aromatic rings. The van der Waals surface area contributed by atoms with Gasteiger partial charge in [0.25, 0.3) is 0 Å². The zero-order valence-electron chi connectivity index (χ0n) is 14.9. The average molecular weight is 335 g/mol. The van der Waals surface area contributed by atoms with Crippen LogP contribution in [0.15, 0.2) is 48.7 Å². The smallest absolute Gasteiger partial charge is 0.0795 e. The van der Waals surface area contributed by atoms with Crippen LogP contribution >= 0.6 is 0 Å². The average Bonchev–Trinajstić information content (AvgIpc) is 3.05. The normalized spacial score (nSPS) is 16.4. The van der Waals surface area contributed by atoms with Crippen molar-refractivity contribution in [1.82, 2.24) is 15.3 Å². The van der Waals surface area contributed by atoms with Crippen molar-refractivity contribution in [1.29, 1.82) is 0 Å². The Balaban J connectivity index is 1.78. The van der Waals surface area contributed by atoms with Crippen molar-refractivity contribution in [2.45, 2.75) is 38.0 Å². The fraction of sp³-hybridized carbons (Fsp3) is 0.381. The van der Waals surface area contributed by atoms with E-state index >= 15 is 0 Å². The summed E-state index contributed by atoms with van der Waals surface area (Å²) < 4.78 is 0. The molecular weight excluding hydrogens is 310 g/mol. The van der Waals surface area contributed by atoms with Gasteiger partial charge in [0, 0.05) is 11.0 Å². The van der Waals surface area contributed by atoms with Crippen molar-refractivity contribution in [3.05, 3.63) is 65.5 Å². The number of hydrogen-bond acceptors (Lipinski definition) is 3. The number of nitrogens with one attached hydrogen (secondary N) is 1. The minimum Gasteiger partial charge on any atom is -0.412 e. The Morgan fingerprint density at radius 3 is 2.56 bits per heavy atom. The lowest BCUT2D eigenvalue weighted by molar-refractivity contribution is 0.146. The maximum atomic E-state index is 10.0. The van der Waals surface area contributed by atoms with Gasteiger partial charge in [0.1, 0.15) is 0 Å². The predicted molar refractivity (Wildman–Crippen MR) is 100 cm³/mol. The highest BCUT2D eigenvalue weighted by atomic mass is 16.5. The first-order valence-corrected chi connectivity index (χ1v) is 9.05. The third-order valence-corrected chi connectivity index (χ3v) is 5.57. The number of fused-ring (bicyclic) bond motifs is 1. The Morgan fingerprint density at radius 1 is 1.08 bits per heavy atom. The van der Waals surface area contributed by atoms with Crippen LogP contribution < -0.4 is 5.32 Å². The molecule has 4 rings (SSSR count). The number of hydrogen-bond donors (Lipinski definition) is 2. The standard InChI is InChI=1S/C21H25N3O/c1-21(2,18-8-7-15-5-3-4-6-17(15)13-18)20-19(14-24(25)23-20)16-9-11-22-12-10-16/h3-8,13-14,16,22,25H,9-12H2,1-2H3. The summed E-state index contributed by atoms with van der Waals surface area (Å²) in [6.07, 6.45) is 3.98. The van der Waals surface area contributed by atoms with E-state index in [9.17, 15) is 5.21 Å². The molecule has 0 saturated carbocycles. The van der Waals surface area contributed by atoms with Crippen LogP contribution in [-0.2, 0) is 5.41 Å². The van der Waals surface area contributed by atoms with E-state index < -0.39 is 0 Å². The Labute approximate surface area is 148 Å². The molecule has 0 radical (unpaired) electrons. The van der Waals surface area contributed by atoms with Gasteiger partial charge in [-0.25, -0.2) is 0 Å². The molecule has 130 valence electrons. The summed E-state index contributed by atoms with van der Waals surface area (Å²) in [7, 11) is 0. The molecule has 1 aliphatic rings. The van der Waals surface area contributed by atoms with Crippen LogP contribution in [0.1, 0.15) is 49.4 Å². The molecule has 0 unspecified atom stereocenters. The molecule has 0 spiro atoms. The number of nitrogens with zero attached hydrogens (tertiary/aromatic N) is 2. The summed E-state index contributed by atoms with van der Waals surface area (Å²) in [5, 5.41) is 20.4. The van der Waals surface area contributed by atoms with Crippen LogP contribution in [0, 0.1) is 0 Å². The van der Waals surface area contributed by atoms with E-state index in [0.29, 0.717) is 5.92 Å². The number of piperidine rings is 1. The van der Waals surface area contributed by atoms with Gasteiger partial charge in [0.2, 0.25) is 0 Å². The summed E-state index contributed by atoms with van der Waals surface area (Å²) in [6.45, 7) is 6.45. The summed E-state index contributed by atoms with van der Waals surface area (Å²) >= 11 is 0. The van der Waals surface area contributed by atoms with Gasteiger partial charge in [-0.15, -0.1) is 9.94 Å². The molecule has 2 heterocycles. The van der Waals surface area contributed by atoms with Crippen molar-refractivity contribution in [2.24, 2.45) is 0 Å². The van der Waals surface area contributed by atoms with Crippen LogP contribution in [0.2, 0.25) is 0 Å². The number of benzene rings is 2. The second kappa shape index (κ2) is 6.19. The molecule has 0 bridgehead atoms. The van der Waals surface area contributed by atoms with Crippen LogP contribution in [0.3, 0.4) is 0 Å². The lowest BCUT2D eigenvalue weighted by Gasteiger charge is -2.29. The molecule has 0 aliphatic carbocycles. The molecule has 4 heteroatoms. The van der Waals surface area contributed by atoms with Crippen molar-refractivity contribution in [3.63, 3.8) is 0 Å². The molecule has 1 aliphatic heterocycles. The summed E-state index contributed by atoms with van der Waals surface area (Å²) in [6, 6.07) is 15.0. The molecule has 1 aromatic heterocycles. The Morgan fingerprint density at radius 2 is 1.80 bits per heavy atom. The fourth-order valence-corrected chi connectivity index (χ4v) is 4.01. The summed E-state index contributed by atoms with van der Waals surface area (Å²) in [4.78, 5) is 0.996. The Bertz CT molecular complexity index is 891. The zero-order chi connectivity index (χ0) is 17.4. The Kier molecular flexibility index (Phi) is 4.00. The Hall–Kier alpha value is -2.33. The van der Waals surface area contributed by atoms with Crippen LogP contribution in [0.5, 0.6) is 0 Å². The summed E-state index contributed by atoms with van der Waals surface area (Å²) in [5.41, 5.74) is 3.12. The first-order chi connectivity index (χ1) is 12.1. The second-order valence-corrected chi connectivity index (χ2v) is 7.56. The monoisotopic (exact) mass is 335 g/mol. The predicted octanol–water partition coefficient (Wildman–Crippen LogP) is 4.07. The molecule has 2 aromatic carbocycles. The lowest BCUT2D eigenvalue weighted by atomic mass is 9.76. The first-order valence-electron chi connectivity index (χ1n) is 9.05. The van der Waals surface area contributed by atoms with E-state index in [1.165, 1.54) is 21.9 Å². The molecule has 25 heavy (non-hydrogen) atoms. The highest BCUT2D eigenvalue weighted by molar-refractivity contribution is 5.83. The summed E-state index contributed by atoms with van der Waals surface area (Å²) in [5.74, 6) is 0.455. The van der Waals surface area contributed by atoms with E-state index in [4.69, 9.17) is 0 Å². The zero-order valence-corrected chi connectivity index (χ0v) is 14.9. The van der Waals surface area contributed by atoms with E-state index in [1.807, 2.05) is 0 Å². The van der Waals surface area contributed by atoms with Crippen LogP contribution in [0.4, 0.5) is 0 Å². The fourth-order valence-electron chi connectivity index (χ4n) is 4.01. The first kappa shape index (κ1) is 16.2. The van der Waals surface area contributed by atoms with Gasteiger partial charge in [0.15, 0.2) is 0 Å². The van der Waals surface area contributed by atoms with Gasteiger partial charge in [-0.3, -0.25) is 0 Å². The quantitative estimate of drug-likeness (QED) is 0.710. The van der Waals surface area contributed by atoms with E-state index in [0.717, 1.165) is 36.5 Å². The minimum atomic E-state index is -0.266. The van der Waals surface area contributed by atoms with Crippen LogP contribution in [0.25, 0.3) is 10.8 Å². The van der Waals surface area contributed by atoms with Crippen LogP contribution in [-0.4, -0.2) is 28.2 Å². The maximum Gasteiger partial charge on any atom is 0.0795 e. The van der Waals surface area contributed by atoms with Crippen molar-refractivity contribution in [2.75, 3.05) is 13.1 Å². The van der Waals surface area contributed by atoms with E-state index in [-0.39, 0.29) is 5.41 Å². The lowest BCUT2D eigenvalue weighted by Crippen LogP contribution is -2.28.